The predicted octanol–water partition coefficient (Wildman–Crippen LogP) is 1.98. The molecule has 2 N–H and O–H groups in total. The molecule has 0 fully saturated rings. The third-order valence-electron chi connectivity index (χ3n) is 2.36. The third-order valence-corrected chi connectivity index (χ3v) is 5.45. The molecule has 0 aliphatic heterocycles. The van der Waals surface area contributed by atoms with E-state index >= 15 is 0 Å². The first kappa shape index (κ1) is 15.1. The summed E-state index contributed by atoms with van der Waals surface area (Å²) in [6.07, 6.45) is 1.03. The molecule has 0 aromatic carbocycles. The zero-order valence-corrected chi connectivity index (χ0v) is 12.0. The number of carboxylic acid groups (broad SMARTS) is 1. The highest BCUT2D eigenvalue weighted by atomic mass is 32.2. The Balaban J connectivity index is 2.53. The van der Waals surface area contributed by atoms with E-state index in [0.717, 1.165) is 4.88 Å². The minimum atomic E-state index is -3.47. The fourth-order valence-corrected chi connectivity index (χ4v) is 4.08. The van der Waals surface area contributed by atoms with Crippen LogP contribution in [-0.2, 0) is 14.8 Å². The molecule has 0 bridgehead atoms. The molecule has 1 heterocycles. The van der Waals surface area contributed by atoms with Crippen LogP contribution >= 0.6 is 11.3 Å². The smallest absolute Gasteiger partial charge is 0.303 e. The molecule has 102 valence electrons. The lowest BCUT2D eigenvalue weighted by Crippen LogP contribution is -2.32. The molecular formula is C11H17NO4S2. The van der Waals surface area contributed by atoms with Gasteiger partial charge >= 0.3 is 5.97 Å². The van der Waals surface area contributed by atoms with Crippen molar-refractivity contribution in [2.75, 3.05) is 0 Å². The van der Waals surface area contributed by atoms with Gasteiger partial charge in [-0.05, 0) is 38.8 Å². The van der Waals surface area contributed by atoms with Crippen molar-refractivity contribution in [1.29, 1.82) is 0 Å². The molecule has 1 rings (SSSR count). The Morgan fingerprint density at radius 2 is 2.17 bits per heavy atom. The van der Waals surface area contributed by atoms with Crippen LogP contribution in [0.15, 0.2) is 16.3 Å². The van der Waals surface area contributed by atoms with Gasteiger partial charge in [0.05, 0.1) is 0 Å². The third kappa shape index (κ3) is 4.75. The van der Waals surface area contributed by atoms with E-state index in [2.05, 4.69) is 4.72 Å². The summed E-state index contributed by atoms with van der Waals surface area (Å²) in [5.74, 6) is -0.862. The summed E-state index contributed by atoms with van der Waals surface area (Å²) < 4.78 is 26.7. The molecule has 0 radical (unpaired) electrons. The summed E-state index contributed by atoms with van der Waals surface area (Å²) in [5.41, 5.74) is 0. The maximum absolute atomic E-state index is 11.9. The van der Waals surface area contributed by atoms with Gasteiger partial charge in [0.2, 0.25) is 10.0 Å². The fourth-order valence-electron chi connectivity index (χ4n) is 1.50. The van der Waals surface area contributed by atoms with Crippen LogP contribution in [0.4, 0.5) is 0 Å². The number of nitrogens with one attached hydrogen (secondary N) is 1. The quantitative estimate of drug-likeness (QED) is 0.804. The number of carbonyl (C=O) groups is 1. The summed E-state index contributed by atoms with van der Waals surface area (Å²) in [4.78, 5) is 11.3. The normalized spacial score (nSPS) is 13.4. The number of thiophene rings is 1. The maximum atomic E-state index is 11.9. The molecular weight excluding hydrogens is 274 g/mol. The Hall–Kier alpha value is -0.920. The topological polar surface area (TPSA) is 83.5 Å². The van der Waals surface area contributed by atoms with E-state index in [1.807, 2.05) is 6.92 Å². The molecule has 0 saturated heterocycles. The summed E-state index contributed by atoms with van der Waals surface area (Å²) in [6, 6.07) is 3.07. The van der Waals surface area contributed by atoms with Gasteiger partial charge in [0.1, 0.15) is 4.21 Å². The van der Waals surface area contributed by atoms with Crippen molar-refractivity contribution in [2.24, 2.45) is 0 Å². The molecule has 0 aliphatic carbocycles. The largest absolute Gasteiger partial charge is 0.481 e. The van der Waals surface area contributed by atoms with Crippen molar-refractivity contribution < 1.29 is 18.3 Å². The summed E-state index contributed by atoms with van der Waals surface area (Å²) >= 11 is 1.22. The lowest BCUT2D eigenvalue weighted by molar-refractivity contribution is -0.137. The van der Waals surface area contributed by atoms with E-state index in [0.29, 0.717) is 17.1 Å². The number of aliphatic carboxylic acids is 1. The Labute approximate surface area is 111 Å². The van der Waals surface area contributed by atoms with Crippen LogP contribution in [0.25, 0.3) is 0 Å². The second-order valence-corrected chi connectivity index (χ2v) is 7.40. The van der Waals surface area contributed by atoms with Crippen molar-refractivity contribution >= 4 is 27.3 Å². The first-order valence-electron chi connectivity index (χ1n) is 5.62. The van der Waals surface area contributed by atoms with Crippen LogP contribution in [-0.4, -0.2) is 25.5 Å². The monoisotopic (exact) mass is 291 g/mol. The van der Waals surface area contributed by atoms with E-state index in [4.69, 9.17) is 5.11 Å². The molecule has 1 aromatic rings. The number of hydrogen-bond acceptors (Lipinski definition) is 4. The highest BCUT2D eigenvalue weighted by molar-refractivity contribution is 7.91. The van der Waals surface area contributed by atoms with Gasteiger partial charge in [-0.15, -0.1) is 11.3 Å². The van der Waals surface area contributed by atoms with Gasteiger partial charge in [-0.3, -0.25) is 4.79 Å². The van der Waals surface area contributed by atoms with E-state index < -0.39 is 16.0 Å². The van der Waals surface area contributed by atoms with Crippen molar-refractivity contribution in [1.82, 2.24) is 4.72 Å². The van der Waals surface area contributed by atoms with Crippen LogP contribution in [0.2, 0.25) is 0 Å². The number of sulfonamides is 1. The number of rotatable bonds is 7. The molecule has 18 heavy (non-hydrogen) atoms. The predicted molar refractivity (Wildman–Crippen MR) is 70.3 cm³/mol. The molecule has 1 unspecified atom stereocenters. The molecule has 1 atom stereocenters. The SMILES string of the molecule is Cc1ccc(S(=O)(=O)NC(C)CCCC(=O)O)s1. The molecule has 0 spiro atoms. The molecule has 7 heteroatoms. The molecule has 0 saturated carbocycles. The van der Waals surface area contributed by atoms with Crippen LogP contribution < -0.4 is 4.72 Å². The van der Waals surface area contributed by atoms with E-state index in [-0.39, 0.29) is 12.5 Å². The molecule has 0 aliphatic rings. The zero-order valence-electron chi connectivity index (χ0n) is 10.3. The Bertz CT molecular complexity index is 507. The number of aryl methyl sites for hydroxylation is 1. The van der Waals surface area contributed by atoms with Crippen LogP contribution in [0.3, 0.4) is 0 Å². The van der Waals surface area contributed by atoms with Crippen molar-refractivity contribution in [2.45, 2.75) is 43.4 Å². The van der Waals surface area contributed by atoms with Gasteiger partial charge in [0.15, 0.2) is 0 Å². The average Bonchev–Trinajstić information content (AvgIpc) is 2.64. The Morgan fingerprint density at radius 3 is 2.67 bits per heavy atom. The lowest BCUT2D eigenvalue weighted by Gasteiger charge is -2.12. The minimum Gasteiger partial charge on any atom is -0.481 e. The summed E-state index contributed by atoms with van der Waals surface area (Å²) in [6.45, 7) is 3.58. The second-order valence-electron chi connectivity index (χ2n) is 4.17. The summed E-state index contributed by atoms with van der Waals surface area (Å²) in [5, 5.41) is 8.50. The van der Waals surface area contributed by atoms with Gasteiger partial charge in [-0.1, -0.05) is 0 Å². The number of carboxylic acids is 1. The Morgan fingerprint density at radius 1 is 1.50 bits per heavy atom. The standard InChI is InChI=1S/C11H17NO4S2/c1-8(4-3-5-10(13)14)12-18(15,16)11-7-6-9(2)17-11/h6-8,12H,3-5H2,1-2H3,(H,13,14). The highest BCUT2D eigenvalue weighted by Gasteiger charge is 2.18. The van der Waals surface area contributed by atoms with E-state index in [1.54, 1.807) is 19.1 Å². The van der Waals surface area contributed by atoms with Gasteiger partial charge in [0, 0.05) is 17.3 Å². The van der Waals surface area contributed by atoms with Crippen LogP contribution in [0.1, 0.15) is 31.1 Å². The van der Waals surface area contributed by atoms with Crippen LogP contribution in [0.5, 0.6) is 0 Å². The van der Waals surface area contributed by atoms with E-state index in [9.17, 15) is 13.2 Å². The highest BCUT2D eigenvalue weighted by Crippen LogP contribution is 2.20. The lowest BCUT2D eigenvalue weighted by atomic mass is 10.1. The van der Waals surface area contributed by atoms with Gasteiger partial charge in [0.25, 0.3) is 0 Å². The Kier molecular flexibility index (Phi) is 5.30. The summed E-state index contributed by atoms with van der Waals surface area (Å²) in [7, 11) is -3.47. The fraction of sp³-hybridized carbons (Fsp3) is 0.545. The van der Waals surface area contributed by atoms with Crippen molar-refractivity contribution in [3.63, 3.8) is 0 Å². The van der Waals surface area contributed by atoms with Gasteiger partial charge in [-0.25, -0.2) is 13.1 Å². The van der Waals surface area contributed by atoms with Gasteiger partial charge < -0.3 is 5.11 Å². The first-order chi connectivity index (χ1) is 8.31. The van der Waals surface area contributed by atoms with Crippen molar-refractivity contribution in [3.8, 4) is 0 Å². The first-order valence-corrected chi connectivity index (χ1v) is 7.92. The van der Waals surface area contributed by atoms with Gasteiger partial charge in [-0.2, -0.15) is 0 Å². The molecule has 0 amide bonds. The second kappa shape index (κ2) is 6.31. The van der Waals surface area contributed by atoms with E-state index in [1.165, 1.54) is 11.3 Å². The molecule has 5 nitrogen and oxygen atoms in total. The maximum Gasteiger partial charge on any atom is 0.303 e. The van der Waals surface area contributed by atoms with Crippen molar-refractivity contribution in [3.05, 3.63) is 17.0 Å². The number of hydrogen-bond donors (Lipinski definition) is 2. The van der Waals surface area contributed by atoms with Crippen LogP contribution in [0, 0.1) is 6.92 Å². The zero-order chi connectivity index (χ0) is 13.8. The molecule has 1 aromatic heterocycles. The minimum absolute atomic E-state index is 0.0597. The average molecular weight is 291 g/mol.